The van der Waals surface area contributed by atoms with Crippen LogP contribution in [-0.2, 0) is 0 Å². The van der Waals surface area contributed by atoms with Gasteiger partial charge in [-0.2, -0.15) is 0 Å². The average molecular weight is 341 g/mol. The second-order valence-electron chi connectivity index (χ2n) is 5.50. The summed E-state index contributed by atoms with van der Waals surface area (Å²) in [7, 11) is 4.56. The molecule has 2 aromatic rings. The zero-order valence-electron chi connectivity index (χ0n) is 15.0. The summed E-state index contributed by atoms with van der Waals surface area (Å²) in [5, 5.41) is 2.90. The van der Waals surface area contributed by atoms with E-state index in [1.807, 2.05) is 43.3 Å². The number of carbonyl (C=O) groups is 1. The molecule has 0 heterocycles. The maximum Gasteiger partial charge on any atom is 0.251 e. The highest BCUT2D eigenvalue weighted by Crippen LogP contribution is 2.38. The largest absolute Gasteiger partial charge is 0.493 e. The zero-order chi connectivity index (χ0) is 18.2. The van der Waals surface area contributed by atoms with Gasteiger partial charge in [-0.1, -0.05) is 42.0 Å². The number of amides is 1. The summed E-state index contributed by atoms with van der Waals surface area (Å²) in [6, 6.07) is 13.2. The Morgan fingerprint density at radius 1 is 1.00 bits per heavy atom. The lowest BCUT2D eigenvalue weighted by molar-refractivity contribution is 0.0956. The van der Waals surface area contributed by atoms with E-state index >= 15 is 0 Å². The summed E-state index contributed by atoms with van der Waals surface area (Å²) in [6.45, 7) is 2.42. The number of carbonyl (C=O) groups excluding carboxylic acids is 1. The highest BCUT2D eigenvalue weighted by atomic mass is 16.5. The van der Waals surface area contributed by atoms with Gasteiger partial charge in [0.25, 0.3) is 5.91 Å². The molecular formula is C20H23NO4. The van der Waals surface area contributed by atoms with Crippen LogP contribution in [0.3, 0.4) is 0 Å². The van der Waals surface area contributed by atoms with Gasteiger partial charge in [0.1, 0.15) is 0 Å². The molecule has 0 aliphatic carbocycles. The molecule has 0 radical (unpaired) electrons. The van der Waals surface area contributed by atoms with Gasteiger partial charge in [0.05, 0.1) is 21.3 Å². The fourth-order valence-corrected chi connectivity index (χ4v) is 2.42. The van der Waals surface area contributed by atoms with Crippen LogP contribution < -0.4 is 19.5 Å². The highest BCUT2D eigenvalue weighted by molar-refractivity contribution is 5.95. The molecule has 5 heteroatoms. The second kappa shape index (κ2) is 8.78. The summed E-state index contributed by atoms with van der Waals surface area (Å²) in [4.78, 5) is 12.4. The minimum atomic E-state index is -0.208. The average Bonchev–Trinajstić information content (AvgIpc) is 2.65. The Bertz CT molecular complexity index is 729. The number of ether oxygens (including phenoxy) is 3. The quantitative estimate of drug-likeness (QED) is 0.837. The van der Waals surface area contributed by atoms with Crippen LogP contribution in [0.25, 0.3) is 6.08 Å². The molecule has 0 unspecified atom stereocenters. The topological polar surface area (TPSA) is 56.8 Å². The Morgan fingerprint density at radius 3 is 2.12 bits per heavy atom. The van der Waals surface area contributed by atoms with Crippen LogP contribution in [0.2, 0.25) is 0 Å². The lowest BCUT2D eigenvalue weighted by Gasteiger charge is -2.14. The van der Waals surface area contributed by atoms with E-state index in [0.717, 1.165) is 11.1 Å². The molecule has 2 rings (SSSR count). The highest BCUT2D eigenvalue weighted by Gasteiger charge is 2.16. The molecular weight excluding hydrogens is 318 g/mol. The molecule has 0 aromatic heterocycles. The molecule has 0 spiro atoms. The number of hydrogen-bond acceptors (Lipinski definition) is 4. The van der Waals surface area contributed by atoms with Crippen LogP contribution in [0.1, 0.15) is 22.8 Å². The number of rotatable bonds is 7. The Kier molecular flexibility index (Phi) is 6.46. The van der Waals surface area contributed by atoms with Gasteiger partial charge in [0.15, 0.2) is 11.5 Å². The van der Waals surface area contributed by atoms with Crippen LogP contribution in [0, 0.1) is 0 Å². The van der Waals surface area contributed by atoms with Crippen molar-refractivity contribution in [2.24, 2.45) is 0 Å². The van der Waals surface area contributed by atoms with Crippen LogP contribution >= 0.6 is 0 Å². The van der Waals surface area contributed by atoms with Crippen molar-refractivity contribution in [3.05, 3.63) is 59.2 Å². The first-order valence-corrected chi connectivity index (χ1v) is 7.89. The van der Waals surface area contributed by atoms with Crippen molar-refractivity contribution in [1.29, 1.82) is 0 Å². The van der Waals surface area contributed by atoms with Crippen molar-refractivity contribution < 1.29 is 19.0 Å². The smallest absolute Gasteiger partial charge is 0.251 e. The predicted molar refractivity (Wildman–Crippen MR) is 98.5 cm³/mol. The fourth-order valence-electron chi connectivity index (χ4n) is 2.42. The molecule has 0 aliphatic heterocycles. The molecule has 0 saturated carbocycles. The first-order valence-electron chi connectivity index (χ1n) is 7.89. The number of hydrogen-bond donors (Lipinski definition) is 1. The van der Waals surface area contributed by atoms with Gasteiger partial charge in [0, 0.05) is 12.1 Å². The standard InChI is InChI=1S/C20H23NO4/c1-14(10-15-8-6-5-7-9-15)13-21-20(22)16-11-17(23-2)19(25-4)18(12-16)24-3/h5-12H,13H2,1-4H3,(H,21,22). The Balaban J connectivity index is 2.11. The summed E-state index contributed by atoms with van der Waals surface area (Å²) in [5.41, 5.74) is 2.59. The summed E-state index contributed by atoms with van der Waals surface area (Å²) in [5.74, 6) is 1.15. The minimum Gasteiger partial charge on any atom is -0.493 e. The number of benzene rings is 2. The Morgan fingerprint density at radius 2 is 1.60 bits per heavy atom. The number of methoxy groups -OCH3 is 3. The SMILES string of the molecule is COc1cc(C(=O)NCC(C)=Cc2ccccc2)cc(OC)c1OC. The van der Waals surface area contributed by atoms with Crippen LogP contribution in [0.4, 0.5) is 0 Å². The maximum absolute atomic E-state index is 12.4. The van der Waals surface area contributed by atoms with E-state index in [-0.39, 0.29) is 5.91 Å². The molecule has 0 atom stereocenters. The molecule has 5 nitrogen and oxygen atoms in total. The molecule has 132 valence electrons. The third kappa shape index (κ3) is 4.76. The predicted octanol–water partition coefficient (Wildman–Crippen LogP) is 3.55. The van der Waals surface area contributed by atoms with Crippen molar-refractivity contribution in [1.82, 2.24) is 5.32 Å². The van der Waals surface area contributed by atoms with E-state index in [1.165, 1.54) is 21.3 Å². The van der Waals surface area contributed by atoms with E-state index < -0.39 is 0 Å². The minimum absolute atomic E-state index is 0.208. The fraction of sp³-hybridized carbons (Fsp3) is 0.250. The van der Waals surface area contributed by atoms with Crippen LogP contribution in [0.15, 0.2) is 48.0 Å². The van der Waals surface area contributed by atoms with Crippen LogP contribution in [0.5, 0.6) is 17.2 Å². The maximum atomic E-state index is 12.4. The summed E-state index contributed by atoms with van der Waals surface area (Å²) < 4.78 is 15.8. The first kappa shape index (κ1) is 18.4. The van der Waals surface area contributed by atoms with Gasteiger partial charge in [-0.05, 0) is 24.6 Å². The van der Waals surface area contributed by atoms with Crippen molar-refractivity contribution in [2.45, 2.75) is 6.92 Å². The third-order valence-corrected chi connectivity index (χ3v) is 3.67. The van der Waals surface area contributed by atoms with Crippen molar-refractivity contribution in [3.8, 4) is 17.2 Å². The van der Waals surface area contributed by atoms with E-state index in [1.54, 1.807) is 12.1 Å². The summed E-state index contributed by atoms with van der Waals surface area (Å²) >= 11 is 0. The normalized spacial score (nSPS) is 11.0. The third-order valence-electron chi connectivity index (χ3n) is 3.67. The van der Waals surface area contributed by atoms with E-state index in [4.69, 9.17) is 14.2 Å². The molecule has 25 heavy (non-hydrogen) atoms. The molecule has 1 amide bonds. The van der Waals surface area contributed by atoms with Gasteiger partial charge < -0.3 is 19.5 Å². The Labute approximate surface area is 148 Å². The van der Waals surface area contributed by atoms with Crippen LogP contribution in [-0.4, -0.2) is 33.8 Å². The van der Waals surface area contributed by atoms with Gasteiger partial charge in [-0.3, -0.25) is 4.79 Å². The zero-order valence-corrected chi connectivity index (χ0v) is 15.0. The van der Waals surface area contributed by atoms with Crippen molar-refractivity contribution in [2.75, 3.05) is 27.9 Å². The van der Waals surface area contributed by atoms with E-state index in [0.29, 0.717) is 29.4 Å². The number of nitrogens with one attached hydrogen (secondary N) is 1. The molecule has 2 aromatic carbocycles. The van der Waals surface area contributed by atoms with E-state index in [2.05, 4.69) is 5.32 Å². The molecule has 0 saturated heterocycles. The van der Waals surface area contributed by atoms with Crippen molar-refractivity contribution >= 4 is 12.0 Å². The molecule has 0 aliphatic rings. The first-order chi connectivity index (χ1) is 12.1. The van der Waals surface area contributed by atoms with Gasteiger partial charge in [-0.25, -0.2) is 0 Å². The van der Waals surface area contributed by atoms with Gasteiger partial charge in [-0.15, -0.1) is 0 Å². The van der Waals surface area contributed by atoms with Gasteiger partial charge in [0.2, 0.25) is 5.75 Å². The second-order valence-corrected chi connectivity index (χ2v) is 5.50. The van der Waals surface area contributed by atoms with E-state index in [9.17, 15) is 4.79 Å². The lowest BCUT2D eigenvalue weighted by atomic mass is 10.1. The lowest BCUT2D eigenvalue weighted by Crippen LogP contribution is -2.25. The Hall–Kier alpha value is -2.95. The molecule has 0 fully saturated rings. The molecule has 0 bridgehead atoms. The van der Waals surface area contributed by atoms with Crippen molar-refractivity contribution in [3.63, 3.8) is 0 Å². The van der Waals surface area contributed by atoms with Gasteiger partial charge >= 0.3 is 0 Å². The monoisotopic (exact) mass is 341 g/mol. The molecule has 1 N–H and O–H groups in total. The summed E-state index contributed by atoms with van der Waals surface area (Å²) in [6.07, 6.45) is 2.04.